The van der Waals surface area contributed by atoms with E-state index in [1.807, 2.05) is 30.3 Å². The molecule has 37 heavy (non-hydrogen) atoms. The van der Waals surface area contributed by atoms with E-state index >= 15 is 0 Å². The van der Waals surface area contributed by atoms with Gasteiger partial charge in [0.1, 0.15) is 12.4 Å². The maximum atomic E-state index is 13.3. The van der Waals surface area contributed by atoms with Gasteiger partial charge >= 0.3 is 0 Å². The number of aromatic nitrogens is 2. The molecule has 0 spiro atoms. The smallest absolute Gasteiger partial charge is 0.282 e. The summed E-state index contributed by atoms with van der Waals surface area (Å²) < 4.78 is 14.7. The van der Waals surface area contributed by atoms with Gasteiger partial charge in [0.25, 0.3) is 5.56 Å². The van der Waals surface area contributed by atoms with Gasteiger partial charge in [-0.25, -0.2) is 4.98 Å². The molecule has 1 heterocycles. The van der Waals surface area contributed by atoms with Crippen LogP contribution in [0.25, 0.3) is 10.9 Å². The molecule has 0 aliphatic carbocycles. The third-order valence-corrected chi connectivity index (χ3v) is 7.47. The van der Waals surface area contributed by atoms with E-state index in [4.69, 9.17) is 37.7 Å². The molecule has 0 atom stereocenters. The van der Waals surface area contributed by atoms with Crippen LogP contribution in [0.1, 0.15) is 36.7 Å². The largest absolute Gasteiger partial charge is 0.493 e. The van der Waals surface area contributed by atoms with E-state index in [9.17, 15) is 4.79 Å². The third-order valence-electron chi connectivity index (χ3n) is 5.59. The first-order chi connectivity index (χ1) is 17.8. The fourth-order valence-electron chi connectivity index (χ4n) is 3.68. The van der Waals surface area contributed by atoms with Crippen molar-refractivity contribution in [3.8, 4) is 11.5 Å². The van der Waals surface area contributed by atoms with Crippen LogP contribution < -0.4 is 15.0 Å². The number of benzene rings is 3. The van der Waals surface area contributed by atoms with Crippen molar-refractivity contribution in [1.29, 1.82) is 0 Å². The zero-order chi connectivity index (χ0) is 26.5. The summed E-state index contributed by atoms with van der Waals surface area (Å²) >= 11 is 17.9. The van der Waals surface area contributed by atoms with Crippen LogP contribution in [-0.4, -0.2) is 23.0 Å². The van der Waals surface area contributed by atoms with Crippen molar-refractivity contribution < 1.29 is 9.47 Å². The van der Waals surface area contributed by atoms with Gasteiger partial charge in [0, 0.05) is 26.5 Å². The Labute approximate surface area is 246 Å². The minimum atomic E-state index is -0.213. The summed E-state index contributed by atoms with van der Waals surface area (Å²) in [5.74, 6) is 1.75. The van der Waals surface area contributed by atoms with Crippen molar-refractivity contribution in [2.24, 2.45) is 5.10 Å². The predicted molar refractivity (Wildman–Crippen MR) is 162 cm³/mol. The summed E-state index contributed by atoms with van der Waals surface area (Å²) in [6.45, 7) is 2.35. The van der Waals surface area contributed by atoms with Gasteiger partial charge < -0.3 is 9.47 Å². The lowest BCUT2D eigenvalue weighted by Crippen LogP contribution is -2.22. The van der Waals surface area contributed by atoms with Gasteiger partial charge in [0.15, 0.2) is 11.5 Å². The van der Waals surface area contributed by atoms with Gasteiger partial charge in [0.05, 0.1) is 27.8 Å². The van der Waals surface area contributed by atoms with Crippen LogP contribution in [0.2, 0.25) is 10.0 Å². The first-order valence-corrected chi connectivity index (χ1v) is 14.1. The Morgan fingerprint density at radius 1 is 1.16 bits per heavy atom. The Morgan fingerprint density at radius 2 is 1.97 bits per heavy atom. The van der Waals surface area contributed by atoms with E-state index in [1.54, 1.807) is 31.5 Å². The van der Waals surface area contributed by atoms with Gasteiger partial charge in [-0.15, -0.1) is 0 Å². The van der Waals surface area contributed by atoms with E-state index in [0.717, 1.165) is 32.0 Å². The minimum absolute atomic E-state index is 0.213. The first kappa shape index (κ1) is 27.9. The van der Waals surface area contributed by atoms with Crippen molar-refractivity contribution >= 4 is 78.8 Å². The highest BCUT2D eigenvalue weighted by Gasteiger charge is 2.14. The summed E-state index contributed by atoms with van der Waals surface area (Å²) in [5.41, 5.74) is 2.00. The maximum Gasteiger partial charge on any atom is 0.282 e. The van der Waals surface area contributed by atoms with Crippen LogP contribution in [0.5, 0.6) is 11.5 Å². The molecule has 192 valence electrons. The number of hydrogen-bond acceptors (Lipinski definition) is 5. The second-order valence-electron chi connectivity index (χ2n) is 8.21. The number of halogens is 4. The summed E-state index contributed by atoms with van der Waals surface area (Å²) in [4.78, 5) is 18.0. The normalized spacial score (nSPS) is 11.4. The van der Waals surface area contributed by atoms with Crippen molar-refractivity contribution in [2.75, 3.05) is 7.11 Å². The number of unbranched alkanes of at least 4 members (excludes halogenated alkanes) is 1. The zero-order valence-electron chi connectivity index (χ0n) is 20.1. The molecule has 0 aliphatic heterocycles. The maximum absolute atomic E-state index is 13.3. The molecule has 4 aromatic rings. The number of methoxy groups -OCH3 is 1. The molecular formula is C27H23BrCl2IN3O3. The number of rotatable bonds is 9. The fraction of sp³-hybridized carbons (Fsp3) is 0.222. The molecule has 0 radical (unpaired) electrons. The highest BCUT2D eigenvalue weighted by Crippen LogP contribution is 2.35. The number of nitrogens with zero attached hydrogens (tertiary/aromatic N) is 3. The zero-order valence-corrected chi connectivity index (χ0v) is 25.4. The number of hydrogen-bond donors (Lipinski definition) is 0. The van der Waals surface area contributed by atoms with E-state index in [0.29, 0.717) is 44.7 Å². The van der Waals surface area contributed by atoms with Crippen molar-refractivity contribution in [2.45, 2.75) is 32.8 Å². The Hall–Kier alpha value is -2.14. The van der Waals surface area contributed by atoms with Crippen LogP contribution in [0.3, 0.4) is 0 Å². The van der Waals surface area contributed by atoms with Crippen molar-refractivity contribution in [1.82, 2.24) is 9.66 Å². The molecule has 0 saturated heterocycles. The minimum Gasteiger partial charge on any atom is -0.493 e. The average Bonchev–Trinajstić information content (AvgIpc) is 2.87. The Kier molecular flexibility index (Phi) is 9.50. The van der Waals surface area contributed by atoms with Crippen LogP contribution in [-0.2, 0) is 13.0 Å². The molecule has 4 rings (SSSR count). The fourth-order valence-corrected chi connectivity index (χ4v) is 5.28. The molecule has 10 heteroatoms. The van der Waals surface area contributed by atoms with Crippen LogP contribution >= 0.6 is 61.7 Å². The van der Waals surface area contributed by atoms with Gasteiger partial charge in [-0.05, 0) is 77.0 Å². The molecule has 0 bridgehead atoms. The van der Waals surface area contributed by atoms with Crippen LogP contribution in [0, 0.1) is 3.57 Å². The molecule has 0 amide bonds. The Bertz CT molecular complexity index is 1540. The molecule has 6 nitrogen and oxygen atoms in total. The number of ether oxygens (including phenoxy) is 2. The standard InChI is InChI=1S/C27H23BrCl2IN3O3/c1-3-4-5-25-33-23-9-7-18(28)12-20(23)27(35)34(25)32-14-16-10-22(31)26(24(11-16)36-2)37-15-17-6-8-19(29)13-21(17)30/h6-14H,3-5,15H2,1-2H3. The summed E-state index contributed by atoms with van der Waals surface area (Å²) in [6, 6.07) is 14.5. The highest BCUT2D eigenvalue weighted by molar-refractivity contribution is 14.1. The molecule has 0 aliphatic rings. The first-order valence-electron chi connectivity index (χ1n) is 11.5. The lowest BCUT2D eigenvalue weighted by Gasteiger charge is -2.14. The number of fused-ring (bicyclic) bond motifs is 1. The lowest BCUT2D eigenvalue weighted by atomic mass is 10.2. The summed E-state index contributed by atoms with van der Waals surface area (Å²) in [5, 5.41) is 6.14. The molecule has 0 saturated carbocycles. The topological polar surface area (TPSA) is 65.7 Å². The van der Waals surface area contributed by atoms with E-state index in [1.165, 1.54) is 4.68 Å². The summed E-state index contributed by atoms with van der Waals surface area (Å²) in [7, 11) is 1.58. The Balaban J connectivity index is 1.67. The van der Waals surface area contributed by atoms with E-state index < -0.39 is 0 Å². The van der Waals surface area contributed by atoms with Gasteiger partial charge in [-0.1, -0.05) is 58.5 Å². The monoisotopic (exact) mass is 713 g/mol. The van der Waals surface area contributed by atoms with Gasteiger partial charge in [-0.2, -0.15) is 9.78 Å². The SMILES string of the molecule is CCCCc1nc2ccc(Br)cc2c(=O)n1N=Cc1cc(I)c(OCc2ccc(Cl)cc2Cl)c(OC)c1. The number of aryl methyl sites for hydroxylation is 1. The van der Waals surface area contributed by atoms with Gasteiger partial charge in [0.2, 0.25) is 0 Å². The molecule has 0 N–H and O–H groups in total. The van der Waals surface area contributed by atoms with Crippen molar-refractivity contribution in [3.05, 3.63) is 93.9 Å². The molecular weight excluding hydrogens is 692 g/mol. The molecule has 1 aromatic heterocycles. The Morgan fingerprint density at radius 3 is 2.70 bits per heavy atom. The highest BCUT2D eigenvalue weighted by atomic mass is 127. The van der Waals surface area contributed by atoms with Crippen LogP contribution in [0.15, 0.2) is 62.9 Å². The predicted octanol–water partition coefficient (Wildman–Crippen LogP) is 7.88. The van der Waals surface area contributed by atoms with Gasteiger partial charge in [-0.3, -0.25) is 4.79 Å². The molecule has 0 fully saturated rings. The second-order valence-corrected chi connectivity index (χ2v) is 11.1. The van der Waals surface area contributed by atoms with E-state index in [-0.39, 0.29) is 12.2 Å². The van der Waals surface area contributed by atoms with Crippen molar-refractivity contribution in [3.63, 3.8) is 0 Å². The quantitative estimate of drug-likeness (QED) is 0.131. The third kappa shape index (κ3) is 6.66. The van der Waals surface area contributed by atoms with E-state index in [2.05, 4.69) is 50.5 Å². The molecule has 0 unspecified atom stereocenters. The average molecular weight is 715 g/mol. The molecule has 3 aromatic carbocycles. The summed E-state index contributed by atoms with van der Waals surface area (Å²) in [6.07, 6.45) is 4.16. The van der Waals surface area contributed by atoms with Crippen LogP contribution in [0.4, 0.5) is 0 Å². The second kappa shape index (κ2) is 12.6. The lowest BCUT2D eigenvalue weighted by molar-refractivity contribution is 0.282.